The van der Waals surface area contributed by atoms with Gasteiger partial charge in [-0.2, -0.15) is 0 Å². The summed E-state index contributed by atoms with van der Waals surface area (Å²) < 4.78 is 0. The molecule has 0 fully saturated rings. The molecular formula is C23H29N5. The van der Waals surface area contributed by atoms with Crippen LogP contribution < -0.4 is 10.6 Å². The van der Waals surface area contributed by atoms with Crippen molar-refractivity contribution < 1.29 is 0 Å². The molecule has 0 aliphatic carbocycles. The Balaban J connectivity index is 1.20. The van der Waals surface area contributed by atoms with Crippen molar-refractivity contribution in [2.75, 3.05) is 33.2 Å². The van der Waals surface area contributed by atoms with Gasteiger partial charge in [-0.3, -0.25) is 9.89 Å². The second-order valence-electron chi connectivity index (χ2n) is 7.33. The maximum atomic E-state index is 4.36. The van der Waals surface area contributed by atoms with Gasteiger partial charge in [0.25, 0.3) is 0 Å². The predicted molar refractivity (Wildman–Crippen MR) is 117 cm³/mol. The van der Waals surface area contributed by atoms with E-state index in [1.54, 1.807) is 0 Å². The van der Waals surface area contributed by atoms with E-state index in [0.29, 0.717) is 0 Å². The zero-order valence-electron chi connectivity index (χ0n) is 16.5. The van der Waals surface area contributed by atoms with E-state index < -0.39 is 0 Å². The van der Waals surface area contributed by atoms with Gasteiger partial charge in [0.05, 0.1) is 0 Å². The molecule has 0 bridgehead atoms. The van der Waals surface area contributed by atoms with Gasteiger partial charge in [0.2, 0.25) is 0 Å². The molecular weight excluding hydrogens is 346 g/mol. The lowest BCUT2D eigenvalue weighted by Gasteiger charge is -2.28. The number of aromatic amines is 1. The number of H-pyrrole nitrogens is 1. The lowest BCUT2D eigenvalue weighted by atomic mass is 10.00. The van der Waals surface area contributed by atoms with Crippen molar-refractivity contribution in [3.8, 4) is 0 Å². The molecule has 4 rings (SSSR count). The van der Waals surface area contributed by atoms with E-state index in [9.17, 15) is 0 Å². The van der Waals surface area contributed by atoms with Crippen LogP contribution in [-0.2, 0) is 19.4 Å². The molecule has 1 aliphatic rings. The zero-order chi connectivity index (χ0) is 19.2. The Morgan fingerprint density at radius 3 is 2.71 bits per heavy atom. The van der Waals surface area contributed by atoms with Crippen LogP contribution in [0.5, 0.6) is 0 Å². The molecule has 3 aromatic rings. The van der Waals surface area contributed by atoms with E-state index in [1.807, 2.05) is 7.05 Å². The summed E-state index contributed by atoms with van der Waals surface area (Å²) >= 11 is 0. The monoisotopic (exact) mass is 375 g/mol. The summed E-state index contributed by atoms with van der Waals surface area (Å²) in [5.74, 6) is 0.872. The van der Waals surface area contributed by atoms with Gasteiger partial charge in [-0.1, -0.05) is 42.5 Å². The summed E-state index contributed by atoms with van der Waals surface area (Å²) in [4.78, 5) is 10.2. The molecule has 2 aromatic carbocycles. The van der Waals surface area contributed by atoms with Gasteiger partial charge in [0.1, 0.15) is 0 Å². The lowest BCUT2D eigenvalue weighted by Crippen LogP contribution is -2.43. The largest absolute Gasteiger partial charge is 0.361 e. The number of benzene rings is 2. The molecule has 1 aromatic heterocycles. The molecule has 0 atom stereocenters. The molecule has 0 radical (unpaired) electrons. The van der Waals surface area contributed by atoms with Crippen molar-refractivity contribution in [1.82, 2.24) is 20.5 Å². The molecule has 28 heavy (non-hydrogen) atoms. The van der Waals surface area contributed by atoms with Crippen molar-refractivity contribution in [1.29, 1.82) is 0 Å². The van der Waals surface area contributed by atoms with Gasteiger partial charge in [0, 0.05) is 56.9 Å². The van der Waals surface area contributed by atoms with E-state index in [1.165, 1.54) is 27.6 Å². The SMILES string of the molecule is CN=C(NCCc1c[nH]c2ccccc12)NCCN1CCc2ccccc2C1. The summed E-state index contributed by atoms with van der Waals surface area (Å²) in [7, 11) is 1.83. The Kier molecular flexibility index (Phi) is 5.92. The van der Waals surface area contributed by atoms with Crippen molar-refractivity contribution in [3.05, 3.63) is 71.4 Å². The molecule has 0 amide bonds. The highest BCUT2D eigenvalue weighted by atomic mass is 15.2. The van der Waals surface area contributed by atoms with E-state index >= 15 is 0 Å². The molecule has 1 aliphatic heterocycles. The minimum Gasteiger partial charge on any atom is -0.361 e. The minimum atomic E-state index is 0.860. The molecule has 5 nitrogen and oxygen atoms in total. The quantitative estimate of drug-likeness (QED) is 0.459. The van der Waals surface area contributed by atoms with Crippen LogP contribution in [0.4, 0.5) is 0 Å². The first-order chi connectivity index (χ1) is 13.8. The summed E-state index contributed by atoms with van der Waals surface area (Å²) in [5, 5.41) is 8.18. The molecule has 0 spiro atoms. The maximum absolute atomic E-state index is 4.36. The van der Waals surface area contributed by atoms with Crippen LogP contribution in [0.3, 0.4) is 0 Å². The van der Waals surface area contributed by atoms with Crippen molar-refractivity contribution in [3.63, 3.8) is 0 Å². The number of hydrogen-bond donors (Lipinski definition) is 3. The third-order valence-corrected chi connectivity index (χ3v) is 5.52. The van der Waals surface area contributed by atoms with Crippen LogP contribution in [0.15, 0.2) is 59.7 Å². The van der Waals surface area contributed by atoms with Crippen molar-refractivity contribution >= 4 is 16.9 Å². The number of nitrogens with one attached hydrogen (secondary N) is 3. The number of rotatable bonds is 6. The second-order valence-corrected chi connectivity index (χ2v) is 7.33. The molecule has 0 saturated carbocycles. The standard InChI is InChI=1S/C23H29N5/c1-24-23(25-12-10-19-16-27-22-9-5-4-8-21(19)22)26-13-15-28-14-11-18-6-2-3-7-20(18)17-28/h2-9,16,27H,10-15,17H2,1H3,(H2,24,25,26). The normalized spacial score (nSPS) is 14.8. The van der Waals surface area contributed by atoms with Crippen molar-refractivity contribution in [2.24, 2.45) is 4.99 Å². The minimum absolute atomic E-state index is 0.860. The second kappa shape index (κ2) is 8.93. The number of aliphatic imine (C=N–C) groups is 1. The Morgan fingerprint density at radius 2 is 1.82 bits per heavy atom. The van der Waals surface area contributed by atoms with Crippen LogP contribution in [0.2, 0.25) is 0 Å². The highest BCUT2D eigenvalue weighted by Crippen LogP contribution is 2.18. The topological polar surface area (TPSA) is 55.5 Å². The van der Waals surface area contributed by atoms with Crippen molar-refractivity contribution in [2.45, 2.75) is 19.4 Å². The first-order valence-corrected chi connectivity index (χ1v) is 10.1. The fraction of sp³-hybridized carbons (Fsp3) is 0.348. The Bertz CT molecular complexity index is 943. The summed E-state index contributed by atoms with van der Waals surface area (Å²) in [6, 6.07) is 17.2. The number of guanidine groups is 1. The van der Waals surface area contributed by atoms with Crippen LogP contribution in [0.25, 0.3) is 10.9 Å². The summed E-state index contributed by atoms with van der Waals surface area (Å²) in [5.41, 5.74) is 5.50. The molecule has 0 saturated heterocycles. The van der Waals surface area contributed by atoms with Gasteiger partial charge in [0.15, 0.2) is 5.96 Å². The van der Waals surface area contributed by atoms with E-state index in [2.05, 4.69) is 80.2 Å². The molecule has 0 unspecified atom stereocenters. The number of fused-ring (bicyclic) bond motifs is 2. The maximum Gasteiger partial charge on any atom is 0.191 e. The van der Waals surface area contributed by atoms with Gasteiger partial charge >= 0.3 is 0 Å². The van der Waals surface area contributed by atoms with Gasteiger partial charge in [-0.25, -0.2) is 0 Å². The Morgan fingerprint density at radius 1 is 1.04 bits per heavy atom. The molecule has 3 N–H and O–H groups in total. The summed E-state index contributed by atoms with van der Waals surface area (Å²) in [6.07, 6.45) is 4.22. The van der Waals surface area contributed by atoms with Crippen LogP contribution in [0.1, 0.15) is 16.7 Å². The molecule has 2 heterocycles. The smallest absolute Gasteiger partial charge is 0.191 e. The van der Waals surface area contributed by atoms with Gasteiger partial charge < -0.3 is 15.6 Å². The zero-order valence-corrected chi connectivity index (χ0v) is 16.5. The number of hydrogen-bond acceptors (Lipinski definition) is 2. The van der Waals surface area contributed by atoms with Crippen LogP contribution >= 0.6 is 0 Å². The predicted octanol–water partition coefficient (Wildman–Crippen LogP) is 2.93. The number of para-hydroxylation sites is 1. The van der Waals surface area contributed by atoms with E-state index in [0.717, 1.165) is 51.5 Å². The Labute approximate surface area is 166 Å². The highest BCUT2D eigenvalue weighted by molar-refractivity contribution is 5.83. The highest BCUT2D eigenvalue weighted by Gasteiger charge is 2.15. The molecule has 5 heteroatoms. The third kappa shape index (κ3) is 4.37. The van der Waals surface area contributed by atoms with Crippen LogP contribution in [-0.4, -0.2) is 49.1 Å². The fourth-order valence-electron chi connectivity index (χ4n) is 3.95. The first-order valence-electron chi connectivity index (χ1n) is 10.1. The summed E-state index contributed by atoms with van der Waals surface area (Å²) in [6.45, 7) is 4.96. The Hall–Kier alpha value is -2.79. The van der Waals surface area contributed by atoms with Crippen LogP contribution in [0, 0.1) is 0 Å². The van der Waals surface area contributed by atoms with E-state index in [4.69, 9.17) is 0 Å². The van der Waals surface area contributed by atoms with Gasteiger partial charge in [-0.15, -0.1) is 0 Å². The fourth-order valence-corrected chi connectivity index (χ4v) is 3.95. The average molecular weight is 376 g/mol. The first kappa shape index (κ1) is 18.6. The lowest BCUT2D eigenvalue weighted by molar-refractivity contribution is 0.258. The number of nitrogens with zero attached hydrogens (tertiary/aromatic N) is 2. The average Bonchev–Trinajstić information content (AvgIpc) is 3.16. The molecule has 146 valence electrons. The van der Waals surface area contributed by atoms with Gasteiger partial charge in [-0.05, 0) is 35.6 Å². The van der Waals surface area contributed by atoms with E-state index in [-0.39, 0.29) is 0 Å². The third-order valence-electron chi connectivity index (χ3n) is 5.52. The number of aromatic nitrogens is 1.